The van der Waals surface area contributed by atoms with Crippen LogP contribution in [-0.4, -0.2) is 41.9 Å². The molecule has 2 rings (SSSR count). The Kier molecular flexibility index (Phi) is 3.96. The molecule has 17 heavy (non-hydrogen) atoms. The average Bonchev–Trinajstić information content (AvgIpc) is 2.93. The van der Waals surface area contributed by atoms with Gasteiger partial charge in [-0.2, -0.15) is 5.10 Å². The zero-order valence-corrected chi connectivity index (χ0v) is 11.5. The number of ketones is 1. The summed E-state index contributed by atoms with van der Waals surface area (Å²) in [4.78, 5) is 12.5. The number of aromatic nitrogens is 2. The van der Waals surface area contributed by atoms with Crippen LogP contribution in [-0.2, 0) is 11.3 Å². The molecular weight excluding hydrogens is 286 g/mol. The second-order valence-corrected chi connectivity index (χ2v) is 4.91. The van der Waals surface area contributed by atoms with Gasteiger partial charge >= 0.3 is 0 Å². The van der Waals surface area contributed by atoms with Gasteiger partial charge < -0.3 is 10.1 Å². The zero-order valence-electron chi connectivity index (χ0n) is 9.94. The van der Waals surface area contributed by atoms with Crippen LogP contribution in [0.5, 0.6) is 0 Å². The van der Waals surface area contributed by atoms with Crippen molar-refractivity contribution >= 4 is 21.7 Å². The van der Waals surface area contributed by atoms with Crippen molar-refractivity contribution in [3.05, 3.63) is 16.4 Å². The Hall–Kier alpha value is -0.720. The average molecular weight is 302 g/mol. The van der Waals surface area contributed by atoms with E-state index >= 15 is 0 Å². The van der Waals surface area contributed by atoms with Gasteiger partial charge in [0.05, 0.1) is 29.8 Å². The first-order valence-corrected chi connectivity index (χ1v) is 6.48. The Morgan fingerprint density at radius 1 is 1.71 bits per heavy atom. The molecule has 1 aliphatic rings. The standard InChI is InChI=1S/C11H16BrN3O2/c1-3-15-10(8(12)4-14-15)11(16)7-5-17-6-9(7)13-2/h4,7,9,13H,3,5-6H2,1-2H3. The SMILES string of the molecule is CCn1ncc(Br)c1C(=O)C1COCC1NC. The molecular formula is C11H16BrN3O2. The second-order valence-electron chi connectivity index (χ2n) is 4.06. The molecule has 2 unspecified atom stereocenters. The number of carbonyl (C=O) groups is 1. The zero-order chi connectivity index (χ0) is 12.4. The van der Waals surface area contributed by atoms with E-state index in [4.69, 9.17) is 4.74 Å². The summed E-state index contributed by atoms with van der Waals surface area (Å²) in [6.45, 7) is 3.72. The molecule has 0 amide bonds. The maximum Gasteiger partial charge on any atom is 0.189 e. The van der Waals surface area contributed by atoms with Crippen molar-refractivity contribution in [1.82, 2.24) is 15.1 Å². The molecule has 0 radical (unpaired) electrons. The van der Waals surface area contributed by atoms with Crippen LogP contribution >= 0.6 is 15.9 Å². The molecule has 2 atom stereocenters. The summed E-state index contributed by atoms with van der Waals surface area (Å²) < 4.78 is 7.84. The predicted molar refractivity (Wildman–Crippen MR) is 67.1 cm³/mol. The van der Waals surface area contributed by atoms with Gasteiger partial charge in [0, 0.05) is 12.6 Å². The summed E-state index contributed by atoms with van der Waals surface area (Å²) in [6, 6.07) is 0.0922. The van der Waals surface area contributed by atoms with Gasteiger partial charge in [-0.25, -0.2) is 0 Å². The number of Topliss-reactive ketones (excluding diaryl/α,β-unsaturated/α-hetero) is 1. The fraction of sp³-hybridized carbons (Fsp3) is 0.636. The second kappa shape index (κ2) is 5.29. The van der Waals surface area contributed by atoms with E-state index in [1.54, 1.807) is 10.9 Å². The summed E-state index contributed by atoms with van der Waals surface area (Å²) in [6.07, 6.45) is 1.67. The van der Waals surface area contributed by atoms with Crippen LogP contribution in [0.3, 0.4) is 0 Å². The molecule has 2 heterocycles. The Labute approximate surface area is 109 Å². The Morgan fingerprint density at radius 3 is 3.12 bits per heavy atom. The summed E-state index contributed by atoms with van der Waals surface area (Å²) >= 11 is 3.38. The molecule has 1 fully saturated rings. The minimum absolute atomic E-state index is 0.0908. The highest BCUT2D eigenvalue weighted by Gasteiger charge is 2.35. The number of likely N-dealkylation sites (N-methyl/N-ethyl adjacent to an activating group) is 1. The molecule has 0 aliphatic carbocycles. The van der Waals surface area contributed by atoms with Gasteiger partial charge in [-0.15, -0.1) is 0 Å². The van der Waals surface area contributed by atoms with Crippen molar-refractivity contribution in [3.63, 3.8) is 0 Å². The highest BCUT2D eigenvalue weighted by Crippen LogP contribution is 2.24. The first kappa shape index (κ1) is 12.7. The molecule has 6 heteroatoms. The maximum absolute atomic E-state index is 12.5. The van der Waals surface area contributed by atoms with Crippen LogP contribution in [0, 0.1) is 5.92 Å². The lowest BCUT2D eigenvalue weighted by molar-refractivity contribution is 0.0880. The highest BCUT2D eigenvalue weighted by atomic mass is 79.9. The molecule has 0 aromatic carbocycles. The van der Waals surface area contributed by atoms with Gasteiger partial charge in [0.1, 0.15) is 5.69 Å². The number of hydrogen-bond acceptors (Lipinski definition) is 4. The van der Waals surface area contributed by atoms with Crippen LogP contribution in [0.15, 0.2) is 10.7 Å². The quantitative estimate of drug-likeness (QED) is 0.846. The number of ether oxygens (including phenoxy) is 1. The van der Waals surface area contributed by atoms with Crippen LogP contribution < -0.4 is 5.32 Å². The van der Waals surface area contributed by atoms with E-state index in [1.165, 1.54) is 0 Å². The fourth-order valence-electron chi connectivity index (χ4n) is 2.12. The molecule has 1 N–H and O–H groups in total. The van der Waals surface area contributed by atoms with E-state index in [0.29, 0.717) is 25.5 Å². The summed E-state index contributed by atoms with van der Waals surface area (Å²) in [5.74, 6) is -0.0358. The molecule has 1 aliphatic heterocycles. The minimum Gasteiger partial charge on any atom is -0.379 e. The van der Waals surface area contributed by atoms with Gasteiger partial charge in [-0.3, -0.25) is 9.48 Å². The number of nitrogens with zero attached hydrogens (tertiary/aromatic N) is 2. The normalized spacial score (nSPS) is 24.2. The number of aryl methyl sites for hydroxylation is 1. The summed E-state index contributed by atoms with van der Waals surface area (Å²) in [5.41, 5.74) is 0.642. The van der Waals surface area contributed by atoms with Gasteiger partial charge in [-0.05, 0) is 29.9 Å². The Morgan fingerprint density at radius 2 is 2.47 bits per heavy atom. The van der Waals surface area contributed by atoms with Crippen molar-refractivity contribution in [2.75, 3.05) is 20.3 Å². The number of nitrogens with one attached hydrogen (secondary N) is 1. The minimum atomic E-state index is -0.127. The number of carbonyl (C=O) groups excluding carboxylic acids is 1. The molecule has 1 saturated heterocycles. The van der Waals surface area contributed by atoms with Crippen molar-refractivity contribution in [2.24, 2.45) is 5.92 Å². The smallest absolute Gasteiger partial charge is 0.189 e. The van der Waals surface area contributed by atoms with E-state index in [1.807, 2.05) is 14.0 Å². The number of hydrogen-bond donors (Lipinski definition) is 1. The van der Waals surface area contributed by atoms with Crippen LogP contribution in [0.4, 0.5) is 0 Å². The topological polar surface area (TPSA) is 56.2 Å². The molecule has 0 bridgehead atoms. The molecule has 0 spiro atoms. The van der Waals surface area contributed by atoms with Gasteiger partial charge in [0.2, 0.25) is 0 Å². The molecule has 5 nitrogen and oxygen atoms in total. The summed E-state index contributed by atoms with van der Waals surface area (Å²) in [5, 5.41) is 7.29. The largest absolute Gasteiger partial charge is 0.379 e. The van der Waals surface area contributed by atoms with E-state index < -0.39 is 0 Å². The Bertz CT molecular complexity index is 419. The van der Waals surface area contributed by atoms with E-state index in [2.05, 4.69) is 26.3 Å². The van der Waals surface area contributed by atoms with Crippen LogP contribution in [0.1, 0.15) is 17.4 Å². The highest BCUT2D eigenvalue weighted by molar-refractivity contribution is 9.10. The maximum atomic E-state index is 12.5. The fourth-order valence-corrected chi connectivity index (χ4v) is 2.61. The molecule has 94 valence electrons. The third-order valence-electron chi connectivity index (χ3n) is 3.12. The van der Waals surface area contributed by atoms with Crippen LogP contribution in [0.2, 0.25) is 0 Å². The third-order valence-corrected chi connectivity index (χ3v) is 3.70. The Balaban J connectivity index is 2.27. The van der Waals surface area contributed by atoms with Gasteiger partial charge in [-0.1, -0.05) is 0 Å². The summed E-state index contributed by atoms with van der Waals surface area (Å²) in [7, 11) is 1.85. The molecule has 1 aromatic rings. The van der Waals surface area contributed by atoms with Crippen molar-refractivity contribution in [3.8, 4) is 0 Å². The molecule has 0 saturated carbocycles. The number of rotatable bonds is 4. The lowest BCUT2D eigenvalue weighted by Gasteiger charge is -2.16. The van der Waals surface area contributed by atoms with E-state index in [-0.39, 0.29) is 17.7 Å². The van der Waals surface area contributed by atoms with Crippen LogP contribution in [0.25, 0.3) is 0 Å². The van der Waals surface area contributed by atoms with Gasteiger partial charge in [0.15, 0.2) is 5.78 Å². The van der Waals surface area contributed by atoms with Crippen molar-refractivity contribution in [1.29, 1.82) is 0 Å². The van der Waals surface area contributed by atoms with E-state index in [9.17, 15) is 4.79 Å². The van der Waals surface area contributed by atoms with E-state index in [0.717, 1.165) is 4.47 Å². The van der Waals surface area contributed by atoms with Gasteiger partial charge in [0.25, 0.3) is 0 Å². The van der Waals surface area contributed by atoms with Crippen molar-refractivity contribution in [2.45, 2.75) is 19.5 Å². The lowest BCUT2D eigenvalue weighted by atomic mass is 9.96. The molecule has 1 aromatic heterocycles. The predicted octanol–water partition coefficient (Wildman–Crippen LogP) is 1.08. The third kappa shape index (κ3) is 2.29. The first-order valence-electron chi connectivity index (χ1n) is 5.69. The lowest BCUT2D eigenvalue weighted by Crippen LogP contribution is -2.37. The number of halogens is 1. The van der Waals surface area contributed by atoms with Crippen molar-refractivity contribution < 1.29 is 9.53 Å². The first-order chi connectivity index (χ1) is 8.19. The monoisotopic (exact) mass is 301 g/mol.